The third kappa shape index (κ3) is 3.84. The first-order valence-corrected chi connectivity index (χ1v) is 6.39. The monoisotopic (exact) mass is 249 g/mol. The lowest BCUT2D eigenvalue weighted by Gasteiger charge is -2.10. The van der Waals surface area contributed by atoms with Crippen LogP contribution in [-0.2, 0) is 6.42 Å². The van der Waals surface area contributed by atoms with E-state index in [0.717, 1.165) is 16.5 Å². The SMILES string of the molecule is Cc1csc(CC(O)COc2ccccc2)n1. The van der Waals surface area contributed by atoms with Crippen molar-refractivity contribution >= 4 is 11.3 Å². The van der Waals surface area contributed by atoms with Crippen LogP contribution in [-0.4, -0.2) is 22.8 Å². The molecular weight excluding hydrogens is 234 g/mol. The molecule has 0 amide bonds. The molecule has 4 heteroatoms. The Morgan fingerprint density at radius 3 is 2.76 bits per heavy atom. The number of para-hydroxylation sites is 1. The normalized spacial score (nSPS) is 12.4. The van der Waals surface area contributed by atoms with Crippen molar-refractivity contribution in [3.8, 4) is 5.75 Å². The van der Waals surface area contributed by atoms with Gasteiger partial charge in [0.15, 0.2) is 0 Å². The van der Waals surface area contributed by atoms with Gasteiger partial charge in [0.1, 0.15) is 12.4 Å². The van der Waals surface area contributed by atoms with E-state index < -0.39 is 6.10 Å². The lowest BCUT2D eigenvalue weighted by atomic mass is 10.3. The minimum atomic E-state index is -0.513. The van der Waals surface area contributed by atoms with E-state index in [9.17, 15) is 5.11 Å². The fourth-order valence-electron chi connectivity index (χ4n) is 1.47. The van der Waals surface area contributed by atoms with Crippen LogP contribution in [0.5, 0.6) is 5.75 Å². The summed E-state index contributed by atoms with van der Waals surface area (Å²) in [6.45, 7) is 2.25. The summed E-state index contributed by atoms with van der Waals surface area (Å²) in [7, 11) is 0. The third-order valence-corrected chi connectivity index (χ3v) is 3.25. The van der Waals surface area contributed by atoms with E-state index >= 15 is 0 Å². The van der Waals surface area contributed by atoms with E-state index in [1.165, 1.54) is 0 Å². The summed E-state index contributed by atoms with van der Waals surface area (Å²) in [6.07, 6.45) is 0.0338. The molecule has 1 aromatic heterocycles. The van der Waals surface area contributed by atoms with Crippen molar-refractivity contribution in [3.63, 3.8) is 0 Å². The van der Waals surface area contributed by atoms with Gasteiger partial charge >= 0.3 is 0 Å². The Hall–Kier alpha value is -1.39. The zero-order valence-corrected chi connectivity index (χ0v) is 10.5. The maximum absolute atomic E-state index is 9.81. The largest absolute Gasteiger partial charge is 0.491 e. The Bertz CT molecular complexity index is 455. The highest BCUT2D eigenvalue weighted by Crippen LogP contribution is 2.13. The number of aromatic nitrogens is 1. The van der Waals surface area contributed by atoms with Crippen molar-refractivity contribution in [1.82, 2.24) is 4.98 Å². The molecule has 17 heavy (non-hydrogen) atoms. The molecule has 1 aromatic carbocycles. The summed E-state index contributed by atoms with van der Waals surface area (Å²) < 4.78 is 5.47. The molecule has 90 valence electrons. The number of hydrogen-bond acceptors (Lipinski definition) is 4. The first kappa shape index (κ1) is 12.1. The van der Waals surface area contributed by atoms with Gasteiger partial charge < -0.3 is 9.84 Å². The summed E-state index contributed by atoms with van der Waals surface area (Å²) in [5.41, 5.74) is 1.00. The average Bonchev–Trinajstić information content (AvgIpc) is 2.73. The van der Waals surface area contributed by atoms with E-state index in [1.807, 2.05) is 42.6 Å². The molecule has 0 aliphatic heterocycles. The fraction of sp³-hybridized carbons (Fsp3) is 0.308. The van der Waals surface area contributed by atoms with E-state index in [2.05, 4.69) is 4.98 Å². The minimum Gasteiger partial charge on any atom is -0.491 e. The van der Waals surface area contributed by atoms with Crippen molar-refractivity contribution < 1.29 is 9.84 Å². The molecule has 3 nitrogen and oxygen atoms in total. The summed E-state index contributed by atoms with van der Waals surface area (Å²) >= 11 is 1.57. The third-order valence-electron chi connectivity index (χ3n) is 2.26. The van der Waals surface area contributed by atoms with Gasteiger partial charge in [0.05, 0.1) is 11.1 Å². The smallest absolute Gasteiger partial charge is 0.119 e. The quantitative estimate of drug-likeness (QED) is 0.885. The van der Waals surface area contributed by atoms with Crippen LogP contribution in [0.1, 0.15) is 10.7 Å². The summed E-state index contributed by atoms with van der Waals surface area (Å²) in [4.78, 5) is 4.31. The minimum absolute atomic E-state index is 0.294. The van der Waals surface area contributed by atoms with Gasteiger partial charge in [-0.25, -0.2) is 4.98 Å². The van der Waals surface area contributed by atoms with Crippen molar-refractivity contribution in [2.75, 3.05) is 6.61 Å². The van der Waals surface area contributed by atoms with Crippen LogP contribution in [0.4, 0.5) is 0 Å². The number of hydrogen-bond donors (Lipinski definition) is 1. The van der Waals surface area contributed by atoms with Gasteiger partial charge in [0, 0.05) is 17.5 Å². The summed E-state index contributed by atoms with van der Waals surface area (Å²) in [5, 5.41) is 12.8. The standard InChI is InChI=1S/C13H15NO2S/c1-10-9-17-13(14-10)7-11(15)8-16-12-5-3-2-4-6-12/h2-6,9,11,15H,7-8H2,1H3. The van der Waals surface area contributed by atoms with E-state index in [0.29, 0.717) is 13.0 Å². The molecule has 1 heterocycles. The zero-order chi connectivity index (χ0) is 12.1. The Labute approximate surface area is 105 Å². The number of nitrogens with zero attached hydrogens (tertiary/aromatic N) is 1. The molecule has 1 unspecified atom stereocenters. The molecule has 2 aromatic rings. The Morgan fingerprint density at radius 1 is 1.35 bits per heavy atom. The Kier molecular flexibility index (Phi) is 4.12. The van der Waals surface area contributed by atoms with E-state index in [1.54, 1.807) is 11.3 Å². The first-order chi connectivity index (χ1) is 8.24. The topological polar surface area (TPSA) is 42.4 Å². The second kappa shape index (κ2) is 5.80. The molecule has 1 atom stereocenters. The zero-order valence-electron chi connectivity index (χ0n) is 9.67. The molecule has 0 spiro atoms. The lowest BCUT2D eigenvalue weighted by molar-refractivity contribution is 0.107. The van der Waals surface area contributed by atoms with Gasteiger partial charge in [-0.2, -0.15) is 0 Å². The van der Waals surface area contributed by atoms with Gasteiger partial charge in [-0.1, -0.05) is 18.2 Å². The Morgan fingerprint density at radius 2 is 2.12 bits per heavy atom. The number of aliphatic hydroxyl groups excluding tert-OH is 1. The molecule has 0 aliphatic rings. The van der Waals surface area contributed by atoms with Crippen LogP contribution in [0.25, 0.3) is 0 Å². The number of aryl methyl sites for hydroxylation is 1. The van der Waals surface area contributed by atoms with Crippen LogP contribution >= 0.6 is 11.3 Å². The molecule has 2 rings (SSSR count). The molecule has 0 radical (unpaired) electrons. The number of aliphatic hydroxyl groups is 1. The fourth-order valence-corrected chi connectivity index (χ4v) is 2.31. The highest BCUT2D eigenvalue weighted by molar-refractivity contribution is 7.09. The highest BCUT2D eigenvalue weighted by atomic mass is 32.1. The molecule has 1 N–H and O–H groups in total. The molecule has 0 aliphatic carbocycles. The molecule has 0 saturated carbocycles. The maximum atomic E-state index is 9.81. The highest BCUT2D eigenvalue weighted by Gasteiger charge is 2.09. The molecule has 0 fully saturated rings. The van der Waals surface area contributed by atoms with Gasteiger partial charge in [-0.05, 0) is 19.1 Å². The number of rotatable bonds is 5. The van der Waals surface area contributed by atoms with Crippen molar-refractivity contribution in [3.05, 3.63) is 46.4 Å². The second-order valence-electron chi connectivity index (χ2n) is 3.86. The van der Waals surface area contributed by atoms with Gasteiger partial charge in [0.2, 0.25) is 0 Å². The van der Waals surface area contributed by atoms with Crippen LogP contribution in [0.3, 0.4) is 0 Å². The lowest BCUT2D eigenvalue weighted by Crippen LogP contribution is -2.20. The number of thiazole rings is 1. The second-order valence-corrected chi connectivity index (χ2v) is 4.81. The van der Waals surface area contributed by atoms with Crippen LogP contribution < -0.4 is 4.74 Å². The van der Waals surface area contributed by atoms with Gasteiger partial charge in [0.25, 0.3) is 0 Å². The van der Waals surface area contributed by atoms with Crippen molar-refractivity contribution in [1.29, 1.82) is 0 Å². The predicted molar refractivity (Wildman–Crippen MR) is 68.5 cm³/mol. The Balaban J connectivity index is 1.80. The van der Waals surface area contributed by atoms with Crippen LogP contribution in [0, 0.1) is 6.92 Å². The average molecular weight is 249 g/mol. The molecule has 0 bridgehead atoms. The van der Waals surface area contributed by atoms with Crippen molar-refractivity contribution in [2.45, 2.75) is 19.4 Å². The van der Waals surface area contributed by atoms with Crippen molar-refractivity contribution in [2.24, 2.45) is 0 Å². The molecule has 0 saturated heterocycles. The first-order valence-electron chi connectivity index (χ1n) is 5.51. The van der Waals surface area contributed by atoms with Crippen LogP contribution in [0.2, 0.25) is 0 Å². The maximum Gasteiger partial charge on any atom is 0.119 e. The van der Waals surface area contributed by atoms with E-state index in [4.69, 9.17) is 4.74 Å². The van der Waals surface area contributed by atoms with Gasteiger partial charge in [-0.15, -0.1) is 11.3 Å². The van der Waals surface area contributed by atoms with Gasteiger partial charge in [-0.3, -0.25) is 0 Å². The summed E-state index contributed by atoms with van der Waals surface area (Å²) in [5.74, 6) is 0.780. The number of benzene rings is 1. The predicted octanol–water partition coefficient (Wildman–Crippen LogP) is 2.43. The molecular formula is C13H15NO2S. The van der Waals surface area contributed by atoms with E-state index in [-0.39, 0.29) is 0 Å². The number of ether oxygens (including phenoxy) is 1. The van der Waals surface area contributed by atoms with Crippen LogP contribution in [0.15, 0.2) is 35.7 Å². The summed E-state index contributed by atoms with van der Waals surface area (Å²) in [6, 6.07) is 9.50.